The third-order valence-electron chi connectivity index (χ3n) is 3.25. The van der Waals surface area contributed by atoms with Crippen LogP contribution in [0.4, 0.5) is 11.4 Å². The fourth-order valence-corrected chi connectivity index (χ4v) is 3.09. The Balaban J connectivity index is 1.66. The number of nitro benzene ring substituents is 1. The average molecular weight is 300 g/mol. The molecule has 0 saturated heterocycles. The van der Waals surface area contributed by atoms with Crippen molar-refractivity contribution in [3.63, 3.8) is 0 Å². The molecule has 0 radical (unpaired) electrons. The molecule has 106 valence electrons. The fraction of sp³-hybridized carbons (Fsp3) is 0.133. The molecule has 2 aromatic rings. The van der Waals surface area contributed by atoms with Gasteiger partial charge in [-0.15, -0.1) is 11.8 Å². The number of fused-ring (bicyclic) bond motifs is 1. The van der Waals surface area contributed by atoms with Crippen molar-refractivity contribution in [2.75, 3.05) is 5.32 Å². The summed E-state index contributed by atoms with van der Waals surface area (Å²) in [7, 11) is 0. The van der Waals surface area contributed by atoms with Gasteiger partial charge in [0.1, 0.15) is 0 Å². The lowest BCUT2D eigenvalue weighted by Gasteiger charge is -2.04. The number of hydrogen-bond acceptors (Lipinski definition) is 4. The molecule has 1 amide bonds. The van der Waals surface area contributed by atoms with E-state index in [-0.39, 0.29) is 11.6 Å². The monoisotopic (exact) mass is 300 g/mol. The van der Waals surface area contributed by atoms with Gasteiger partial charge in [-0.2, -0.15) is 0 Å². The number of amides is 1. The van der Waals surface area contributed by atoms with Crippen LogP contribution in [-0.2, 0) is 17.0 Å². The Morgan fingerprint density at radius 3 is 2.67 bits per heavy atom. The summed E-state index contributed by atoms with van der Waals surface area (Å²) in [5, 5.41) is 13.4. The first-order chi connectivity index (χ1) is 10.1. The maximum atomic E-state index is 11.3. The van der Waals surface area contributed by atoms with E-state index in [1.165, 1.54) is 12.1 Å². The van der Waals surface area contributed by atoms with Crippen LogP contribution in [-0.4, -0.2) is 10.8 Å². The minimum absolute atomic E-state index is 0.0301. The highest BCUT2D eigenvalue weighted by Crippen LogP contribution is 2.30. The Hall–Kier alpha value is -2.34. The van der Waals surface area contributed by atoms with Crippen LogP contribution in [0.15, 0.2) is 47.4 Å². The molecule has 0 aliphatic carbocycles. The predicted octanol–water partition coefficient (Wildman–Crippen LogP) is 3.38. The summed E-state index contributed by atoms with van der Waals surface area (Å²) in [4.78, 5) is 22.6. The van der Waals surface area contributed by atoms with Crippen LogP contribution in [0.1, 0.15) is 11.1 Å². The number of thioether (sulfide) groups is 1. The molecule has 5 nitrogen and oxygen atoms in total. The predicted molar refractivity (Wildman–Crippen MR) is 81.4 cm³/mol. The lowest BCUT2D eigenvalue weighted by molar-refractivity contribution is -0.384. The summed E-state index contributed by atoms with van der Waals surface area (Å²) in [5.74, 6) is 0.764. The van der Waals surface area contributed by atoms with E-state index < -0.39 is 4.92 Å². The van der Waals surface area contributed by atoms with Gasteiger partial charge in [0.2, 0.25) is 5.91 Å². The summed E-state index contributed by atoms with van der Waals surface area (Å²) in [6.07, 6.45) is 0.432. The molecule has 6 heteroatoms. The highest BCUT2D eigenvalue weighted by atomic mass is 32.2. The van der Waals surface area contributed by atoms with Crippen molar-refractivity contribution in [1.29, 1.82) is 0 Å². The van der Waals surface area contributed by atoms with E-state index in [0.717, 1.165) is 27.5 Å². The van der Waals surface area contributed by atoms with Gasteiger partial charge in [-0.05, 0) is 29.3 Å². The third kappa shape index (κ3) is 3.05. The van der Waals surface area contributed by atoms with Crippen molar-refractivity contribution in [2.45, 2.75) is 17.1 Å². The molecule has 0 unspecified atom stereocenters. The van der Waals surface area contributed by atoms with Crippen molar-refractivity contribution >= 4 is 29.0 Å². The number of rotatable bonds is 4. The molecule has 3 rings (SSSR count). The molecule has 1 aliphatic rings. The molecule has 0 saturated carbocycles. The molecule has 0 spiro atoms. The molecular formula is C15H12N2O3S. The standard InChI is InChI=1S/C15H12N2O3S/c18-15-8-11-7-13(5-6-14(11)16-15)21-9-10-1-3-12(4-2-10)17(19)20/h1-7H,8-9H2,(H,16,18). The van der Waals surface area contributed by atoms with Crippen molar-refractivity contribution in [2.24, 2.45) is 0 Å². The van der Waals surface area contributed by atoms with Crippen molar-refractivity contribution in [1.82, 2.24) is 0 Å². The van der Waals surface area contributed by atoms with E-state index in [1.54, 1.807) is 23.9 Å². The number of non-ortho nitro benzene ring substituents is 1. The first kappa shape index (κ1) is 13.6. The Bertz CT molecular complexity index is 713. The van der Waals surface area contributed by atoms with E-state index in [9.17, 15) is 14.9 Å². The van der Waals surface area contributed by atoms with Crippen LogP contribution < -0.4 is 5.32 Å². The summed E-state index contributed by atoms with van der Waals surface area (Å²) in [5.41, 5.74) is 3.04. The number of nitro groups is 1. The SMILES string of the molecule is O=C1Cc2cc(SCc3ccc([N+](=O)[O-])cc3)ccc2N1. The molecule has 0 aromatic heterocycles. The smallest absolute Gasteiger partial charge is 0.269 e. The van der Waals surface area contributed by atoms with E-state index in [0.29, 0.717) is 6.42 Å². The Morgan fingerprint density at radius 1 is 1.19 bits per heavy atom. The van der Waals surface area contributed by atoms with Gasteiger partial charge in [0, 0.05) is 28.5 Å². The van der Waals surface area contributed by atoms with Crippen molar-refractivity contribution in [3.05, 3.63) is 63.7 Å². The molecule has 1 aliphatic heterocycles. The number of anilines is 1. The fourth-order valence-electron chi connectivity index (χ4n) is 2.18. The van der Waals surface area contributed by atoms with Crippen LogP contribution in [0.25, 0.3) is 0 Å². The zero-order chi connectivity index (χ0) is 14.8. The zero-order valence-electron chi connectivity index (χ0n) is 11.0. The highest BCUT2D eigenvalue weighted by molar-refractivity contribution is 7.98. The Kier molecular flexibility index (Phi) is 3.62. The molecule has 1 N–H and O–H groups in total. The number of nitrogens with zero attached hydrogens (tertiary/aromatic N) is 1. The molecule has 21 heavy (non-hydrogen) atoms. The number of carbonyl (C=O) groups is 1. The van der Waals surface area contributed by atoms with Gasteiger partial charge in [-0.25, -0.2) is 0 Å². The minimum Gasteiger partial charge on any atom is -0.326 e. The van der Waals surface area contributed by atoms with Crippen molar-refractivity contribution in [3.8, 4) is 0 Å². The van der Waals surface area contributed by atoms with Gasteiger partial charge in [-0.3, -0.25) is 14.9 Å². The molecule has 0 bridgehead atoms. The lowest BCUT2D eigenvalue weighted by Crippen LogP contribution is -2.03. The quantitative estimate of drug-likeness (QED) is 0.534. The van der Waals surface area contributed by atoms with Crippen LogP contribution >= 0.6 is 11.8 Å². The normalized spacial score (nSPS) is 12.9. The van der Waals surface area contributed by atoms with E-state index in [1.807, 2.05) is 18.2 Å². The number of benzene rings is 2. The highest BCUT2D eigenvalue weighted by Gasteiger charge is 2.17. The lowest BCUT2D eigenvalue weighted by atomic mass is 10.2. The number of hydrogen-bond donors (Lipinski definition) is 1. The van der Waals surface area contributed by atoms with Crippen LogP contribution in [0.5, 0.6) is 0 Å². The third-order valence-corrected chi connectivity index (χ3v) is 4.32. The second kappa shape index (κ2) is 5.57. The van der Waals surface area contributed by atoms with E-state index in [2.05, 4.69) is 5.32 Å². The maximum absolute atomic E-state index is 11.3. The summed E-state index contributed by atoms with van der Waals surface area (Å²) < 4.78 is 0. The van der Waals surface area contributed by atoms with Crippen LogP contribution in [0.2, 0.25) is 0 Å². The van der Waals surface area contributed by atoms with Gasteiger partial charge in [-0.1, -0.05) is 12.1 Å². The Morgan fingerprint density at radius 2 is 1.95 bits per heavy atom. The van der Waals surface area contributed by atoms with Gasteiger partial charge < -0.3 is 5.32 Å². The topological polar surface area (TPSA) is 72.2 Å². The van der Waals surface area contributed by atoms with Gasteiger partial charge >= 0.3 is 0 Å². The molecule has 0 fully saturated rings. The average Bonchev–Trinajstić information content (AvgIpc) is 2.84. The molecular weight excluding hydrogens is 288 g/mol. The summed E-state index contributed by atoms with van der Waals surface area (Å²) in [6, 6.07) is 12.5. The largest absolute Gasteiger partial charge is 0.326 e. The second-order valence-electron chi connectivity index (χ2n) is 4.76. The summed E-state index contributed by atoms with van der Waals surface area (Å²) >= 11 is 1.65. The van der Waals surface area contributed by atoms with E-state index >= 15 is 0 Å². The minimum atomic E-state index is -0.401. The van der Waals surface area contributed by atoms with Crippen LogP contribution in [0.3, 0.4) is 0 Å². The molecule has 0 atom stereocenters. The number of nitrogens with one attached hydrogen (secondary N) is 1. The van der Waals surface area contributed by atoms with Crippen molar-refractivity contribution < 1.29 is 9.72 Å². The van der Waals surface area contributed by atoms with Gasteiger partial charge in [0.25, 0.3) is 5.69 Å². The molecule has 2 aromatic carbocycles. The number of carbonyl (C=O) groups excluding carboxylic acids is 1. The first-order valence-electron chi connectivity index (χ1n) is 6.41. The Labute approximate surface area is 125 Å². The van der Waals surface area contributed by atoms with Gasteiger partial charge in [0.05, 0.1) is 11.3 Å². The maximum Gasteiger partial charge on any atom is 0.269 e. The second-order valence-corrected chi connectivity index (χ2v) is 5.80. The van der Waals surface area contributed by atoms with Gasteiger partial charge in [0.15, 0.2) is 0 Å². The van der Waals surface area contributed by atoms with E-state index in [4.69, 9.17) is 0 Å². The van der Waals surface area contributed by atoms with Crippen LogP contribution in [0, 0.1) is 10.1 Å². The first-order valence-corrected chi connectivity index (χ1v) is 7.39. The zero-order valence-corrected chi connectivity index (χ0v) is 11.9. The molecule has 1 heterocycles. The summed E-state index contributed by atoms with van der Waals surface area (Å²) in [6.45, 7) is 0.